The third kappa shape index (κ3) is 1.71. The molecule has 1 aromatic rings. The number of benzene rings is 1. The van der Waals surface area contributed by atoms with Crippen molar-refractivity contribution in [2.45, 2.75) is 19.3 Å². The maximum absolute atomic E-state index is 10.8. The molecular formula is C11H11O3. The van der Waals surface area contributed by atoms with Gasteiger partial charge in [0.05, 0.1) is 0 Å². The van der Waals surface area contributed by atoms with Crippen LogP contribution in [0.2, 0.25) is 0 Å². The van der Waals surface area contributed by atoms with Crippen LogP contribution in [0.1, 0.15) is 17.5 Å². The lowest BCUT2D eigenvalue weighted by molar-refractivity contribution is 0.133. The Kier molecular flexibility index (Phi) is 2.39. The molecule has 14 heavy (non-hydrogen) atoms. The van der Waals surface area contributed by atoms with Crippen LogP contribution in [0.15, 0.2) is 18.2 Å². The van der Waals surface area contributed by atoms with Gasteiger partial charge in [-0.2, -0.15) is 0 Å². The van der Waals surface area contributed by atoms with Crippen LogP contribution in [0.5, 0.6) is 5.75 Å². The summed E-state index contributed by atoms with van der Waals surface area (Å²) >= 11 is 0. The highest BCUT2D eigenvalue weighted by Gasteiger charge is 2.12. The molecular weight excluding hydrogens is 180 g/mol. The minimum Gasteiger partial charge on any atom is -0.430 e. The van der Waals surface area contributed by atoms with Gasteiger partial charge in [-0.3, -0.25) is 0 Å². The molecule has 1 aliphatic rings. The highest BCUT2D eigenvalue weighted by Crippen LogP contribution is 2.26. The van der Waals surface area contributed by atoms with E-state index >= 15 is 0 Å². The van der Waals surface area contributed by atoms with E-state index in [2.05, 4.69) is 11.8 Å². The van der Waals surface area contributed by atoms with Crippen LogP contribution in [-0.2, 0) is 17.6 Å². The van der Waals surface area contributed by atoms with Crippen molar-refractivity contribution in [1.82, 2.24) is 0 Å². The summed E-state index contributed by atoms with van der Waals surface area (Å²) < 4.78 is 9.03. The predicted octanol–water partition coefficient (Wildman–Crippen LogP) is 2.48. The topological polar surface area (TPSA) is 35.5 Å². The molecule has 0 fully saturated rings. The van der Waals surface area contributed by atoms with Crippen molar-refractivity contribution in [3.05, 3.63) is 36.4 Å². The summed E-state index contributed by atoms with van der Waals surface area (Å²) in [5, 5.41) is 0. The molecule has 0 bridgehead atoms. The van der Waals surface area contributed by atoms with Gasteiger partial charge in [0, 0.05) is 0 Å². The molecule has 1 aromatic carbocycles. The zero-order valence-corrected chi connectivity index (χ0v) is 7.79. The second-order valence-corrected chi connectivity index (χ2v) is 3.28. The molecule has 3 heteroatoms. The smallest absolute Gasteiger partial charge is 0.430 e. The summed E-state index contributed by atoms with van der Waals surface area (Å²) in [6.45, 7) is 0. The molecule has 0 saturated heterocycles. The second kappa shape index (κ2) is 3.70. The van der Waals surface area contributed by atoms with Gasteiger partial charge in [0.25, 0.3) is 0 Å². The molecule has 1 aliphatic carbocycles. The lowest BCUT2D eigenvalue weighted by Gasteiger charge is -2.04. The van der Waals surface area contributed by atoms with Gasteiger partial charge in [-0.15, -0.1) is 0 Å². The molecule has 73 valence electrons. The van der Waals surface area contributed by atoms with Crippen LogP contribution in [0.3, 0.4) is 0 Å². The molecule has 0 atom stereocenters. The van der Waals surface area contributed by atoms with E-state index in [9.17, 15) is 4.79 Å². The van der Waals surface area contributed by atoms with Crippen LogP contribution >= 0.6 is 0 Å². The van der Waals surface area contributed by atoms with E-state index < -0.39 is 6.16 Å². The molecule has 0 aliphatic heterocycles. The van der Waals surface area contributed by atoms with Crippen molar-refractivity contribution >= 4 is 6.16 Å². The molecule has 0 aromatic heterocycles. The number of carbonyl (C=O) groups excluding carboxylic acids is 1. The Balaban J connectivity index is 2.16. The molecule has 0 N–H and O–H groups in total. The van der Waals surface area contributed by atoms with Gasteiger partial charge in [-0.25, -0.2) is 4.79 Å². The zero-order chi connectivity index (χ0) is 9.97. The average molecular weight is 191 g/mol. The zero-order valence-electron chi connectivity index (χ0n) is 7.79. The van der Waals surface area contributed by atoms with Crippen molar-refractivity contribution in [1.29, 1.82) is 0 Å². The fourth-order valence-electron chi connectivity index (χ4n) is 1.74. The van der Waals surface area contributed by atoms with Crippen molar-refractivity contribution in [2.24, 2.45) is 0 Å². The quantitative estimate of drug-likeness (QED) is 0.505. The van der Waals surface area contributed by atoms with Crippen LogP contribution in [0.4, 0.5) is 4.79 Å². The molecule has 0 unspecified atom stereocenters. The van der Waals surface area contributed by atoms with Crippen molar-refractivity contribution in [3.63, 3.8) is 0 Å². The monoisotopic (exact) mass is 191 g/mol. The minimum atomic E-state index is -0.775. The van der Waals surface area contributed by atoms with Crippen LogP contribution in [0, 0.1) is 7.11 Å². The summed E-state index contributed by atoms with van der Waals surface area (Å²) in [6, 6.07) is 5.66. The summed E-state index contributed by atoms with van der Waals surface area (Å²) in [7, 11) is 2.98. The lowest BCUT2D eigenvalue weighted by Crippen LogP contribution is -2.06. The average Bonchev–Trinajstić information content (AvgIpc) is 2.64. The number of carbonyl (C=O) groups is 1. The van der Waals surface area contributed by atoms with Gasteiger partial charge in [0.15, 0.2) is 0 Å². The number of aryl methyl sites for hydroxylation is 2. The van der Waals surface area contributed by atoms with E-state index in [0.29, 0.717) is 5.75 Å². The van der Waals surface area contributed by atoms with E-state index in [1.165, 1.54) is 17.5 Å². The molecule has 3 nitrogen and oxygen atoms in total. The number of fused-ring (bicyclic) bond motifs is 1. The number of hydrogen-bond acceptors (Lipinski definition) is 3. The van der Waals surface area contributed by atoms with Crippen LogP contribution in [0.25, 0.3) is 0 Å². The van der Waals surface area contributed by atoms with E-state index in [1.807, 2.05) is 12.1 Å². The lowest BCUT2D eigenvalue weighted by atomic mass is 10.1. The largest absolute Gasteiger partial charge is 0.513 e. The first-order valence-corrected chi connectivity index (χ1v) is 4.55. The fraction of sp³-hybridized carbons (Fsp3) is 0.273. The van der Waals surface area contributed by atoms with Gasteiger partial charge >= 0.3 is 6.16 Å². The highest BCUT2D eigenvalue weighted by atomic mass is 16.7. The molecule has 0 heterocycles. The number of rotatable bonds is 1. The van der Waals surface area contributed by atoms with E-state index in [4.69, 9.17) is 4.74 Å². The van der Waals surface area contributed by atoms with Crippen LogP contribution in [-0.4, -0.2) is 6.16 Å². The Morgan fingerprint density at radius 1 is 1.29 bits per heavy atom. The van der Waals surface area contributed by atoms with E-state index in [0.717, 1.165) is 12.8 Å². The van der Waals surface area contributed by atoms with Crippen LogP contribution < -0.4 is 4.74 Å². The fourth-order valence-corrected chi connectivity index (χ4v) is 1.74. The predicted molar refractivity (Wildman–Crippen MR) is 50.9 cm³/mol. The van der Waals surface area contributed by atoms with Gasteiger partial charge in [-0.1, -0.05) is 6.07 Å². The van der Waals surface area contributed by atoms with Crippen molar-refractivity contribution in [2.75, 3.05) is 0 Å². The Morgan fingerprint density at radius 2 is 2.07 bits per heavy atom. The number of ether oxygens (including phenoxy) is 2. The Bertz CT molecular complexity index is 358. The molecule has 2 rings (SSSR count). The summed E-state index contributed by atoms with van der Waals surface area (Å²) in [5.74, 6) is 0.527. The third-order valence-corrected chi connectivity index (χ3v) is 2.39. The normalized spacial score (nSPS) is 13.5. The minimum absolute atomic E-state index is 0.527. The Labute approximate surface area is 82.6 Å². The third-order valence-electron chi connectivity index (χ3n) is 2.39. The van der Waals surface area contributed by atoms with Gasteiger partial charge in [0.2, 0.25) is 0 Å². The highest BCUT2D eigenvalue weighted by molar-refractivity contribution is 5.64. The van der Waals surface area contributed by atoms with Gasteiger partial charge in [0.1, 0.15) is 12.9 Å². The SMILES string of the molecule is [CH2]OC(=O)Oc1ccc2c(c1)CCC2. The maximum Gasteiger partial charge on any atom is 0.513 e. The first kappa shape index (κ1) is 9.06. The number of hydrogen-bond donors (Lipinski definition) is 0. The standard InChI is InChI=1S/C11H11O3/c1-13-11(12)14-10-6-5-8-3-2-4-9(8)7-10/h5-7H,1-4H2. The van der Waals surface area contributed by atoms with E-state index in [1.54, 1.807) is 6.07 Å². The summed E-state index contributed by atoms with van der Waals surface area (Å²) in [6.07, 6.45) is 2.59. The van der Waals surface area contributed by atoms with Gasteiger partial charge < -0.3 is 9.47 Å². The van der Waals surface area contributed by atoms with Crippen molar-refractivity contribution < 1.29 is 14.3 Å². The Morgan fingerprint density at radius 3 is 2.86 bits per heavy atom. The van der Waals surface area contributed by atoms with E-state index in [-0.39, 0.29) is 0 Å². The first-order chi connectivity index (χ1) is 6.79. The molecule has 1 radical (unpaired) electrons. The maximum atomic E-state index is 10.8. The molecule has 0 amide bonds. The second-order valence-electron chi connectivity index (χ2n) is 3.28. The first-order valence-electron chi connectivity index (χ1n) is 4.55. The summed E-state index contributed by atoms with van der Waals surface area (Å²) in [4.78, 5) is 10.8. The van der Waals surface area contributed by atoms with Gasteiger partial charge in [-0.05, 0) is 42.5 Å². The molecule has 0 saturated carbocycles. The Hall–Kier alpha value is -1.51. The van der Waals surface area contributed by atoms with Crippen molar-refractivity contribution in [3.8, 4) is 5.75 Å². The molecule has 0 spiro atoms. The summed E-state index contributed by atoms with van der Waals surface area (Å²) in [5.41, 5.74) is 2.61.